The number of hydrogen-bond donors (Lipinski definition) is 0. The van der Waals surface area contributed by atoms with Gasteiger partial charge in [0, 0.05) is 37.3 Å². The molecule has 2 amide bonds. The number of benzene rings is 1. The highest BCUT2D eigenvalue weighted by atomic mass is 32.1. The van der Waals surface area contributed by atoms with Crippen molar-refractivity contribution in [3.05, 3.63) is 81.5 Å². The number of carbonyl (C=O) groups excluding carboxylic acids is 2. The minimum Gasteiger partial charge on any atom is -0.335 e. The van der Waals surface area contributed by atoms with Crippen LogP contribution in [0.5, 0.6) is 0 Å². The molecule has 0 N–H and O–H groups in total. The molecule has 0 unspecified atom stereocenters. The number of carbonyl (C=O) groups is 2. The zero-order valence-corrected chi connectivity index (χ0v) is 19.2. The number of thiophene rings is 2. The fraction of sp³-hybridized carbons (Fsp3) is 0.208. The van der Waals surface area contributed by atoms with Crippen molar-refractivity contribution in [3.63, 3.8) is 0 Å². The van der Waals surface area contributed by atoms with E-state index in [9.17, 15) is 9.59 Å². The maximum atomic E-state index is 13.5. The van der Waals surface area contributed by atoms with E-state index in [1.54, 1.807) is 16.0 Å². The summed E-state index contributed by atoms with van der Waals surface area (Å²) >= 11 is 3.08. The Morgan fingerprint density at radius 3 is 2.22 bits per heavy atom. The molecule has 1 saturated heterocycles. The standard InChI is InChI=1S/C24H22N4O2S2/c1-17-9-10-21(32-17)24(30)27-13-11-26(12-14-27)23(29)19-16-28(18-6-3-2-4-7-18)25-22(19)20-8-5-15-31-20/h2-10,15-16H,11-14H2,1H3. The van der Waals surface area contributed by atoms with Gasteiger partial charge in [0.2, 0.25) is 0 Å². The van der Waals surface area contributed by atoms with Gasteiger partial charge in [-0.05, 0) is 42.6 Å². The first-order chi connectivity index (χ1) is 15.6. The van der Waals surface area contributed by atoms with Crippen LogP contribution in [-0.4, -0.2) is 57.6 Å². The van der Waals surface area contributed by atoms with Gasteiger partial charge in [0.15, 0.2) is 0 Å². The third-order valence-electron chi connectivity index (χ3n) is 5.53. The third-order valence-corrected chi connectivity index (χ3v) is 7.39. The fourth-order valence-corrected chi connectivity index (χ4v) is 5.39. The van der Waals surface area contributed by atoms with Gasteiger partial charge in [-0.25, -0.2) is 4.68 Å². The summed E-state index contributed by atoms with van der Waals surface area (Å²) in [5, 5.41) is 6.73. The lowest BCUT2D eigenvalue weighted by molar-refractivity contribution is 0.0538. The molecule has 4 heterocycles. The maximum Gasteiger partial charge on any atom is 0.264 e. The van der Waals surface area contributed by atoms with Crippen molar-refractivity contribution in [1.29, 1.82) is 0 Å². The number of aromatic nitrogens is 2. The second kappa shape index (κ2) is 8.72. The molecule has 0 radical (unpaired) electrons. The number of rotatable bonds is 4. The summed E-state index contributed by atoms with van der Waals surface area (Å²) in [7, 11) is 0. The SMILES string of the molecule is Cc1ccc(C(=O)N2CCN(C(=O)c3cn(-c4ccccc4)nc3-c3cccs3)CC2)s1. The molecular formula is C24H22N4O2S2. The topological polar surface area (TPSA) is 58.4 Å². The Morgan fingerprint density at radius 2 is 1.59 bits per heavy atom. The molecule has 1 fully saturated rings. The second-order valence-electron chi connectivity index (χ2n) is 7.64. The lowest BCUT2D eigenvalue weighted by atomic mass is 10.1. The van der Waals surface area contributed by atoms with Crippen LogP contribution in [0.4, 0.5) is 0 Å². The van der Waals surface area contributed by atoms with Gasteiger partial charge in [-0.15, -0.1) is 22.7 Å². The van der Waals surface area contributed by atoms with E-state index in [1.807, 2.05) is 82.9 Å². The lowest BCUT2D eigenvalue weighted by Crippen LogP contribution is -2.50. The molecule has 162 valence electrons. The van der Waals surface area contributed by atoms with Gasteiger partial charge in [0.05, 0.1) is 21.0 Å². The van der Waals surface area contributed by atoms with Crippen LogP contribution in [0.3, 0.4) is 0 Å². The van der Waals surface area contributed by atoms with E-state index in [4.69, 9.17) is 5.10 Å². The van der Waals surface area contributed by atoms with E-state index < -0.39 is 0 Å². The van der Waals surface area contributed by atoms with Crippen LogP contribution < -0.4 is 0 Å². The predicted molar refractivity (Wildman–Crippen MR) is 128 cm³/mol. The molecule has 1 aliphatic rings. The van der Waals surface area contributed by atoms with Crippen molar-refractivity contribution >= 4 is 34.5 Å². The van der Waals surface area contributed by atoms with Crippen molar-refractivity contribution in [2.45, 2.75) is 6.92 Å². The van der Waals surface area contributed by atoms with E-state index in [0.29, 0.717) is 37.4 Å². The Balaban J connectivity index is 1.36. The number of piperazine rings is 1. The Labute approximate surface area is 194 Å². The third kappa shape index (κ3) is 3.99. The molecule has 0 bridgehead atoms. The largest absolute Gasteiger partial charge is 0.335 e. The van der Waals surface area contributed by atoms with E-state index >= 15 is 0 Å². The summed E-state index contributed by atoms with van der Waals surface area (Å²) in [4.78, 5) is 32.7. The molecule has 0 atom stereocenters. The summed E-state index contributed by atoms with van der Waals surface area (Å²) in [6.45, 7) is 4.08. The normalized spacial score (nSPS) is 14.0. The smallest absolute Gasteiger partial charge is 0.264 e. The minimum absolute atomic E-state index is 0.0466. The Bertz CT molecular complexity index is 1240. The van der Waals surface area contributed by atoms with E-state index in [2.05, 4.69) is 0 Å². The summed E-state index contributed by atoms with van der Waals surface area (Å²) in [6.07, 6.45) is 1.82. The van der Waals surface area contributed by atoms with Crippen molar-refractivity contribution in [3.8, 4) is 16.3 Å². The van der Waals surface area contributed by atoms with Crippen LogP contribution in [-0.2, 0) is 0 Å². The molecule has 0 spiro atoms. The number of para-hydroxylation sites is 1. The van der Waals surface area contributed by atoms with Gasteiger partial charge >= 0.3 is 0 Å². The van der Waals surface area contributed by atoms with Gasteiger partial charge in [-0.3, -0.25) is 9.59 Å². The number of hydrogen-bond acceptors (Lipinski definition) is 5. The zero-order chi connectivity index (χ0) is 22.1. The molecule has 4 aromatic rings. The van der Waals surface area contributed by atoms with Gasteiger partial charge in [-0.2, -0.15) is 5.10 Å². The van der Waals surface area contributed by atoms with Gasteiger partial charge in [0.25, 0.3) is 11.8 Å². The highest BCUT2D eigenvalue weighted by molar-refractivity contribution is 7.14. The Hall–Kier alpha value is -3.23. The molecule has 0 aliphatic carbocycles. The molecule has 1 aliphatic heterocycles. The average Bonchev–Trinajstić information content (AvgIpc) is 3.59. The fourth-order valence-electron chi connectivity index (χ4n) is 3.83. The predicted octanol–water partition coefficient (Wildman–Crippen LogP) is 4.57. The molecule has 8 heteroatoms. The summed E-state index contributed by atoms with van der Waals surface area (Å²) in [5.74, 6) is 0.000943. The van der Waals surface area contributed by atoms with Crippen molar-refractivity contribution in [2.75, 3.05) is 26.2 Å². The van der Waals surface area contributed by atoms with Crippen LogP contribution >= 0.6 is 22.7 Å². The summed E-state index contributed by atoms with van der Waals surface area (Å²) < 4.78 is 1.77. The first kappa shape index (κ1) is 20.7. The van der Waals surface area contributed by atoms with E-state index in [1.165, 1.54) is 11.3 Å². The van der Waals surface area contributed by atoms with E-state index in [-0.39, 0.29) is 11.8 Å². The van der Waals surface area contributed by atoms with Gasteiger partial charge < -0.3 is 9.80 Å². The van der Waals surface area contributed by atoms with Crippen molar-refractivity contribution in [1.82, 2.24) is 19.6 Å². The Kier molecular flexibility index (Phi) is 5.63. The highest BCUT2D eigenvalue weighted by Gasteiger charge is 2.29. The van der Waals surface area contributed by atoms with Gasteiger partial charge in [-0.1, -0.05) is 24.3 Å². The summed E-state index contributed by atoms with van der Waals surface area (Å²) in [6, 6.07) is 17.6. The molecular weight excluding hydrogens is 440 g/mol. The molecule has 3 aromatic heterocycles. The minimum atomic E-state index is -0.0466. The number of nitrogens with zero attached hydrogens (tertiary/aromatic N) is 4. The zero-order valence-electron chi connectivity index (χ0n) is 17.6. The van der Waals surface area contributed by atoms with Crippen LogP contribution in [0.2, 0.25) is 0 Å². The number of amides is 2. The monoisotopic (exact) mass is 462 g/mol. The van der Waals surface area contributed by atoms with E-state index in [0.717, 1.165) is 20.3 Å². The molecule has 32 heavy (non-hydrogen) atoms. The molecule has 5 rings (SSSR count). The average molecular weight is 463 g/mol. The molecule has 0 saturated carbocycles. The van der Waals surface area contributed by atoms with Crippen molar-refractivity contribution < 1.29 is 9.59 Å². The molecule has 6 nitrogen and oxygen atoms in total. The number of aryl methyl sites for hydroxylation is 1. The quantitative estimate of drug-likeness (QED) is 0.446. The molecule has 1 aromatic carbocycles. The lowest BCUT2D eigenvalue weighted by Gasteiger charge is -2.34. The maximum absolute atomic E-state index is 13.5. The highest BCUT2D eigenvalue weighted by Crippen LogP contribution is 2.29. The van der Waals surface area contributed by atoms with Crippen LogP contribution in [0.25, 0.3) is 16.3 Å². The van der Waals surface area contributed by atoms with Crippen LogP contribution in [0, 0.1) is 6.92 Å². The second-order valence-corrected chi connectivity index (χ2v) is 9.88. The van der Waals surface area contributed by atoms with Crippen LogP contribution in [0.15, 0.2) is 66.2 Å². The van der Waals surface area contributed by atoms with Crippen molar-refractivity contribution in [2.24, 2.45) is 0 Å². The van der Waals surface area contributed by atoms with Crippen LogP contribution in [0.1, 0.15) is 24.9 Å². The first-order valence-corrected chi connectivity index (χ1v) is 12.1. The summed E-state index contributed by atoms with van der Waals surface area (Å²) in [5.41, 5.74) is 2.19. The first-order valence-electron chi connectivity index (χ1n) is 10.4. The Morgan fingerprint density at radius 1 is 0.875 bits per heavy atom. The van der Waals surface area contributed by atoms with Gasteiger partial charge in [0.1, 0.15) is 5.69 Å².